The van der Waals surface area contributed by atoms with E-state index in [1.54, 1.807) is 0 Å². The lowest BCUT2D eigenvalue weighted by molar-refractivity contribution is 0.568. The van der Waals surface area contributed by atoms with Gasteiger partial charge in [-0.05, 0) is 37.0 Å². The second-order valence-electron chi connectivity index (χ2n) is 5.05. The van der Waals surface area contributed by atoms with Crippen LogP contribution in [0.15, 0.2) is 12.1 Å². The first kappa shape index (κ1) is 9.91. The van der Waals surface area contributed by atoms with Gasteiger partial charge in [-0.3, -0.25) is 0 Å². The summed E-state index contributed by atoms with van der Waals surface area (Å²) in [6.07, 6.45) is 0. The Morgan fingerprint density at radius 1 is 1.25 bits per heavy atom. The van der Waals surface area contributed by atoms with E-state index in [1.807, 2.05) is 0 Å². The molecule has 1 aliphatic rings. The fourth-order valence-corrected chi connectivity index (χ4v) is 2.94. The number of fused-ring (bicyclic) bond motifs is 3. The highest BCUT2D eigenvalue weighted by molar-refractivity contribution is 5.88. The highest BCUT2D eigenvalue weighted by Gasteiger charge is 2.21. The molecular weight excluding hydrogens is 196 g/mol. The highest BCUT2D eigenvalue weighted by Crippen LogP contribution is 2.33. The summed E-state index contributed by atoms with van der Waals surface area (Å²) < 4.78 is 0. The van der Waals surface area contributed by atoms with E-state index < -0.39 is 0 Å². The standard InChI is InChI=1S/C14H18N2/c1-8-4-9(2)14-11(5-8)13-10(3)6-15-7-12(13)16-14/h4-5,10,15-16H,6-7H2,1-3H3. The first-order valence-electron chi connectivity index (χ1n) is 5.99. The van der Waals surface area contributed by atoms with E-state index in [1.165, 1.54) is 33.3 Å². The smallest absolute Gasteiger partial charge is 0.0489 e. The van der Waals surface area contributed by atoms with Crippen molar-refractivity contribution < 1.29 is 0 Å². The fourth-order valence-electron chi connectivity index (χ4n) is 2.94. The van der Waals surface area contributed by atoms with Gasteiger partial charge in [-0.1, -0.05) is 18.6 Å². The van der Waals surface area contributed by atoms with Crippen LogP contribution in [0.2, 0.25) is 0 Å². The Bertz CT molecular complexity index is 551. The molecule has 1 atom stereocenters. The van der Waals surface area contributed by atoms with Crippen molar-refractivity contribution in [2.75, 3.05) is 6.54 Å². The average molecular weight is 214 g/mol. The predicted octanol–water partition coefficient (Wildman–Crippen LogP) is 2.99. The van der Waals surface area contributed by atoms with Gasteiger partial charge >= 0.3 is 0 Å². The molecular formula is C14H18N2. The van der Waals surface area contributed by atoms with E-state index in [2.05, 4.69) is 43.2 Å². The van der Waals surface area contributed by atoms with Crippen molar-refractivity contribution in [3.05, 3.63) is 34.5 Å². The van der Waals surface area contributed by atoms with Crippen LogP contribution in [-0.2, 0) is 6.54 Å². The molecule has 3 rings (SSSR count). The second kappa shape index (κ2) is 3.36. The highest BCUT2D eigenvalue weighted by atomic mass is 14.9. The van der Waals surface area contributed by atoms with Gasteiger partial charge in [0.25, 0.3) is 0 Å². The molecule has 0 radical (unpaired) electrons. The third kappa shape index (κ3) is 1.30. The number of benzene rings is 1. The van der Waals surface area contributed by atoms with Crippen molar-refractivity contribution in [2.45, 2.75) is 33.2 Å². The van der Waals surface area contributed by atoms with Crippen molar-refractivity contribution >= 4 is 10.9 Å². The number of rotatable bonds is 0. The lowest BCUT2D eigenvalue weighted by Crippen LogP contribution is -2.26. The molecule has 2 nitrogen and oxygen atoms in total. The van der Waals surface area contributed by atoms with Crippen LogP contribution in [-0.4, -0.2) is 11.5 Å². The molecule has 16 heavy (non-hydrogen) atoms. The summed E-state index contributed by atoms with van der Waals surface area (Å²) in [5.41, 5.74) is 6.95. The first-order valence-corrected chi connectivity index (χ1v) is 5.99. The maximum Gasteiger partial charge on any atom is 0.0489 e. The third-order valence-corrected chi connectivity index (χ3v) is 3.62. The normalized spacial score (nSPS) is 20.1. The van der Waals surface area contributed by atoms with Gasteiger partial charge in [0.15, 0.2) is 0 Å². The van der Waals surface area contributed by atoms with Crippen molar-refractivity contribution in [3.63, 3.8) is 0 Å². The molecule has 0 fully saturated rings. The van der Waals surface area contributed by atoms with Crippen molar-refractivity contribution in [3.8, 4) is 0 Å². The molecule has 1 unspecified atom stereocenters. The molecule has 2 heterocycles. The average Bonchev–Trinajstić information content (AvgIpc) is 2.58. The Morgan fingerprint density at radius 2 is 2.06 bits per heavy atom. The summed E-state index contributed by atoms with van der Waals surface area (Å²) in [5.74, 6) is 0.610. The molecule has 2 N–H and O–H groups in total. The second-order valence-corrected chi connectivity index (χ2v) is 5.05. The zero-order valence-corrected chi connectivity index (χ0v) is 10.1. The van der Waals surface area contributed by atoms with Gasteiger partial charge < -0.3 is 10.3 Å². The van der Waals surface area contributed by atoms with Gasteiger partial charge in [0, 0.05) is 29.7 Å². The number of H-pyrrole nitrogens is 1. The number of hydrogen-bond acceptors (Lipinski definition) is 1. The van der Waals surface area contributed by atoms with Crippen molar-refractivity contribution in [1.29, 1.82) is 0 Å². The number of aromatic nitrogens is 1. The molecule has 0 spiro atoms. The van der Waals surface area contributed by atoms with E-state index in [-0.39, 0.29) is 0 Å². The van der Waals surface area contributed by atoms with Crippen LogP contribution in [0.1, 0.15) is 35.2 Å². The van der Waals surface area contributed by atoms with Crippen LogP contribution < -0.4 is 5.32 Å². The third-order valence-electron chi connectivity index (χ3n) is 3.62. The number of aromatic amines is 1. The summed E-state index contributed by atoms with van der Waals surface area (Å²) in [6.45, 7) is 8.74. The van der Waals surface area contributed by atoms with Crippen LogP contribution in [0, 0.1) is 13.8 Å². The topological polar surface area (TPSA) is 27.8 Å². The molecule has 0 bridgehead atoms. The molecule has 1 aromatic carbocycles. The summed E-state index contributed by atoms with van der Waals surface area (Å²) >= 11 is 0. The Morgan fingerprint density at radius 3 is 2.88 bits per heavy atom. The maximum absolute atomic E-state index is 3.58. The molecule has 84 valence electrons. The largest absolute Gasteiger partial charge is 0.357 e. The Balaban J connectivity index is 2.38. The molecule has 2 heteroatoms. The van der Waals surface area contributed by atoms with Crippen LogP contribution in [0.3, 0.4) is 0 Å². The van der Waals surface area contributed by atoms with Gasteiger partial charge in [-0.2, -0.15) is 0 Å². The molecule has 0 aliphatic carbocycles. The van der Waals surface area contributed by atoms with E-state index in [4.69, 9.17) is 0 Å². The lowest BCUT2D eigenvalue weighted by atomic mass is 9.93. The number of nitrogens with one attached hydrogen (secondary N) is 2. The molecule has 1 aliphatic heterocycles. The van der Waals surface area contributed by atoms with Gasteiger partial charge in [-0.25, -0.2) is 0 Å². The zero-order valence-electron chi connectivity index (χ0n) is 10.1. The summed E-state index contributed by atoms with van der Waals surface area (Å²) in [7, 11) is 0. The van der Waals surface area contributed by atoms with Gasteiger partial charge in [0.05, 0.1) is 0 Å². The zero-order chi connectivity index (χ0) is 11.3. The van der Waals surface area contributed by atoms with Gasteiger partial charge in [0.2, 0.25) is 0 Å². The Kier molecular flexibility index (Phi) is 2.08. The van der Waals surface area contributed by atoms with Gasteiger partial charge in [0.1, 0.15) is 0 Å². The first-order chi connectivity index (χ1) is 7.66. The number of aryl methyl sites for hydroxylation is 2. The van der Waals surface area contributed by atoms with Gasteiger partial charge in [-0.15, -0.1) is 0 Å². The van der Waals surface area contributed by atoms with E-state index >= 15 is 0 Å². The van der Waals surface area contributed by atoms with Crippen LogP contribution in [0.25, 0.3) is 10.9 Å². The number of hydrogen-bond donors (Lipinski definition) is 2. The summed E-state index contributed by atoms with van der Waals surface area (Å²) in [4.78, 5) is 3.58. The molecule has 0 amide bonds. The lowest BCUT2D eigenvalue weighted by Gasteiger charge is -2.20. The van der Waals surface area contributed by atoms with Crippen LogP contribution in [0.4, 0.5) is 0 Å². The van der Waals surface area contributed by atoms with E-state index in [0.29, 0.717) is 5.92 Å². The summed E-state index contributed by atoms with van der Waals surface area (Å²) in [5, 5.41) is 4.89. The van der Waals surface area contributed by atoms with Crippen molar-refractivity contribution in [1.82, 2.24) is 10.3 Å². The van der Waals surface area contributed by atoms with E-state index in [0.717, 1.165) is 13.1 Å². The minimum Gasteiger partial charge on any atom is -0.357 e. The Hall–Kier alpha value is -1.28. The minimum atomic E-state index is 0.610. The minimum absolute atomic E-state index is 0.610. The summed E-state index contributed by atoms with van der Waals surface area (Å²) in [6, 6.07) is 4.57. The maximum atomic E-state index is 3.58. The monoisotopic (exact) mass is 214 g/mol. The molecule has 0 saturated heterocycles. The quantitative estimate of drug-likeness (QED) is 0.693. The van der Waals surface area contributed by atoms with Crippen LogP contribution in [0.5, 0.6) is 0 Å². The van der Waals surface area contributed by atoms with E-state index in [9.17, 15) is 0 Å². The molecule has 1 aromatic heterocycles. The van der Waals surface area contributed by atoms with Crippen LogP contribution >= 0.6 is 0 Å². The molecule has 0 saturated carbocycles. The SMILES string of the molecule is Cc1cc(C)c2[nH]c3c(c2c1)C(C)CNC3. The van der Waals surface area contributed by atoms with Crippen molar-refractivity contribution in [2.24, 2.45) is 0 Å². The predicted molar refractivity (Wildman–Crippen MR) is 67.9 cm³/mol. The Labute approximate surface area is 96.1 Å². The molecule has 2 aromatic rings. The fraction of sp³-hybridized carbons (Fsp3) is 0.429.